The maximum absolute atomic E-state index is 14.3. The number of anilines is 1. The Morgan fingerprint density at radius 1 is 1.11 bits per heavy atom. The van der Waals surface area contributed by atoms with Crippen LogP contribution in [0, 0.1) is 5.82 Å². The van der Waals surface area contributed by atoms with Crippen molar-refractivity contribution in [3.05, 3.63) is 66.5 Å². The number of carbonyl (C=O) groups excluding carboxylic acids is 1. The first-order valence-electron chi connectivity index (χ1n) is 11.6. The van der Waals surface area contributed by atoms with Crippen LogP contribution in [0.4, 0.5) is 14.9 Å². The number of methoxy groups -OCH3 is 1. The SMILES string of the molecule is COc1ncc(-c2ccc3nc(C4CCC5(CC4)CN(c4ccccc4F)C(=O)O5)[nH]c3c2)cn1. The standard InChI is InChI=1S/C26H24FN5O3/c1-34-24-28-13-18(14-29-24)17-6-7-20-21(12-17)31-23(30-20)16-8-10-26(11-9-16)15-32(25(33)35-26)22-5-3-2-4-19(22)27/h2-7,12-14,16H,8-11,15H2,1H3,(H,30,31). The van der Waals surface area contributed by atoms with Gasteiger partial charge in [-0.1, -0.05) is 18.2 Å². The summed E-state index contributed by atoms with van der Waals surface area (Å²) in [5, 5.41) is 0. The Bertz CT molecular complexity index is 1400. The average molecular weight is 474 g/mol. The minimum atomic E-state index is -0.580. The molecule has 0 unspecified atom stereocenters. The van der Waals surface area contributed by atoms with Crippen molar-refractivity contribution in [3.63, 3.8) is 0 Å². The van der Waals surface area contributed by atoms with Gasteiger partial charge in [-0.2, -0.15) is 0 Å². The summed E-state index contributed by atoms with van der Waals surface area (Å²) in [5.74, 6) is 0.758. The van der Waals surface area contributed by atoms with E-state index in [0.29, 0.717) is 25.4 Å². The molecular formula is C26H24FN5O3. The fourth-order valence-corrected chi connectivity index (χ4v) is 5.13. The fourth-order valence-electron chi connectivity index (χ4n) is 5.13. The Kier molecular flexibility index (Phi) is 5.12. The normalized spacial score (nSPS) is 22.1. The van der Waals surface area contributed by atoms with Crippen LogP contribution < -0.4 is 9.64 Å². The molecule has 3 heterocycles. The number of ether oxygens (including phenoxy) is 2. The van der Waals surface area contributed by atoms with Gasteiger partial charge >= 0.3 is 12.1 Å². The first kappa shape index (κ1) is 21.5. The molecule has 2 aromatic heterocycles. The fraction of sp³-hybridized carbons (Fsp3) is 0.308. The van der Waals surface area contributed by atoms with E-state index >= 15 is 0 Å². The molecule has 0 radical (unpaired) electrons. The number of halogens is 1. The van der Waals surface area contributed by atoms with Gasteiger partial charge in [0.25, 0.3) is 0 Å². The lowest BCUT2D eigenvalue weighted by atomic mass is 9.78. The average Bonchev–Trinajstić information content (AvgIpc) is 3.45. The lowest BCUT2D eigenvalue weighted by Gasteiger charge is -2.34. The van der Waals surface area contributed by atoms with Crippen molar-refractivity contribution < 1.29 is 18.7 Å². The topological polar surface area (TPSA) is 93.2 Å². The van der Waals surface area contributed by atoms with Crippen molar-refractivity contribution in [1.82, 2.24) is 19.9 Å². The predicted molar refractivity (Wildman–Crippen MR) is 128 cm³/mol. The van der Waals surface area contributed by atoms with Crippen LogP contribution in [-0.4, -0.2) is 45.3 Å². The zero-order valence-electron chi connectivity index (χ0n) is 19.2. The highest BCUT2D eigenvalue weighted by atomic mass is 19.1. The van der Waals surface area contributed by atoms with E-state index in [-0.39, 0.29) is 11.6 Å². The molecule has 1 aliphatic heterocycles. The Morgan fingerprint density at radius 3 is 2.63 bits per heavy atom. The highest BCUT2D eigenvalue weighted by molar-refractivity contribution is 5.90. The number of fused-ring (bicyclic) bond motifs is 1. The number of H-pyrrole nitrogens is 1. The van der Waals surface area contributed by atoms with E-state index in [9.17, 15) is 9.18 Å². The summed E-state index contributed by atoms with van der Waals surface area (Å²) < 4.78 is 25.1. The molecular weight excluding hydrogens is 449 g/mol. The second-order valence-electron chi connectivity index (χ2n) is 9.18. The van der Waals surface area contributed by atoms with Gasteiger partial charge in [0.1, 0.15) is 17.2 Å². The third-order valence-corrected chi connectivity index (χ3v) is 7.04. The molecule has 1 saturated heterocycles. The van der Waals surface area contributed by atoms with Crippen LogP contribution in [0.5, 0.6) is 6.01 Å². The Morgan fingerprint density at radius 2 is 1.89 bits per heavy atom. The highest BCUT2D eigenvalue weighted by Crippen LogP contribution is 2.44. The number of nitrogens with zero attached hydrogens (tertiary/aromatic N) is 4. The number of hydrogen-bond acceptors (Lipinski definition) is 6. The van der Waals surface area contributed by atoms with Crippen LogP contribution in [0.25, 0.3) is 22.2 Å². The number of rotatable bonds is 4. The molecule has 1 amide bonds. The third-order valence-electron chi connectivity index (χ3n) is 7.04. The summed E-state index contributed by atoms with van der Waals surface area (Å²) in [6.07, 6.45) is 6.07. The quantitative estimate of drug-likeness (QED) is 0.437. The molecule has 4 aromatic rings. The number of aromatic nitrogens is 4. The van der Waals surface area contributed by atoms with E-state index in [2.05, 4.69) is 15.0 Å². The third kappa shape index (κ3) is 3.86. The first-order chi connectivity index (χ1) is 17.0. The van der Waals surface area contributed by atoms with E-state index < -0.39 is 17.5 Å². The van der Waals surface area contributed by atoms with Crippen molar-refractivity contribution in [2.45, 2.75) is 37.2 Å². The largest absolute Gasteiger partial charge is 0.467 e. The van der Waals surface area contributed by atoms with E-state index in [4.69, 9.17) is 14.5 Å². The van der Waals surface area contributed by atoms with Gasteiger partial charge in [-0.3, -0.25) is 4.90 Å². The maximum atomic E-state index is 14.3. The molecule has 0 atom stereocenters. The van der Waals surface area contributed by atoms with Crippen molar-refractivity contribution >= 4 is 22.8 Å². The van der Waals surface area contributed by atoms with Gasteiger partial charge in [0.05, 0.1) is 30.4 Å². The number of hydrogen-bond donors (Lipinski definition) is 1. The smallest absolute Gasteiger partial charge is 0.415 e. The molecule has 35 heavy (non-hydrogen) atoms. The lowest BCUT2D eigenvalue weighted by molar-refractivity contribution is 0.0208. The predicted octanol–water partition coefficient (Wildman–Crippen LogP) is 5.22. The highest BCUT2D eigenvalue weighted by Gasteiger charge is 2.48. The molecule has 178 valence electrons. The first-order valence-corrected chi connectivity index (χ1v) is 11.6. The van der Waals surface area contributed by atoms with E-state index in [0.717, 1.165) is 40.8 Å². The minimum Gasteiger partial charge on any atom is -0.467 e. The van der Waals surface area contributed by atoms with Crippen molar-refractivity contribution in [2.24, 2.45) is 0 Å². The number of carbonyl (C=O) groups is 1. The molecule has 2 fully saturated rings. The maximum Gasteiger partial charge on any atom is 0.415 e. The van der Waals surface area contributed by atoms with Gasteiger partial charge in [0, 0.05) is 23.9 Å². The molecule has 2 aliphatic rings. The summed E-state index contributed by atoms with van der Waals surface area (Å²) in [4.78, 5) is 30.7. The Balaban J connectivity index is 1.17. The van der Waals surface area contributed by atoms with Crippen LogP contribution in [0.2, 0.25) is 0 Å². The molecule has 1 spiro atoms. The molecule has 6 rings (SSSR count). The summed E-state index contributed by atoms with van der Waals surface area (Å²) >= 11 is 0. The molecule has 1 saturated carbocycles. The lowest BCUT2D eigenvalue weighted by Crippen LogP contribution is -2.38. The second-order valence-corrected chi connectivity index (χ2v) is 9.18. The van der Waals surface area contributed by atoms with Gasteiger partial charge in [-0.05, 0) is 55.5 Å². The van der Waals surface area contributed by atoms with Crippen LogP contribution in [0.3, 0.4) is 0 Å². The number of para-hydroxylation sites is 1. The van der Waals surface area contributed by atoms with Gasteiger partial charge in [-0.15, -0.1) is 0 Å². The van der Waals surface area contributed by atoms with Crippen LogP contribution >= 0.6 is 0 Å². The van der Waals surface area contributed by atoms with Crippen LogP contribution in [0.1, 0.15) is 37.4 Å². The molecule has 8 nitrogen and oxygen atoms in total. The summed E-state index contributed by atoms with van der Waals surface area (Å²) in [7, 11) is 1.54. The zero-order chi connectivity index (χ0) is 24.0. The van der Waals surface area contributed by atoms with E-state index in [1.54, 1.807) is 30.6 Å². The number of imidazole rings is 1. The Labute approximate surface area is 201 Å². The van der Waals surface area contributed by atoms with E-state index in [1.807, 2.05) is 18.2 Å². The van der Waals surface area contributed by atoms with Gasteiger partial charge in [0.15, 0.2) is 0 Å². The van der Waals surface area contributed by atoms with E-state index in [1.165, 1.54) is 18.1 Å². The number of benzene rings is 2. The Hall–Kier alpha value is -4.01. The summed E-state index contributed by atoms with van der Waals surface area (Å²) in [6, 6.07) is 12.7. The van der Waals surface area contributed by atoms with Crippen molar-refractivity contribution in [2.75, 3.05) is 18.6 Å². The summed E-state index contributed by atoms with van der Waals surface area (Å²) in [6.45, 7) is 0.368. The van der Waals surface area contributed by atoms with Gasteiger partial charge in [-0.25, -0.2) is 24.1 Å². The molecule has 2 aromatic carbocycles. The van der Waals surface area contributed by atoms with Crippen LogP contribution in [-0.2, 0) is 4.74 Å². The molecule has 9 heteroatoms. The van der Waals surface area contributed by atoms with Gasteiger partial charge in [0.2, 0.25) is 0 Å². The monoisotopic (exact) mass is 473 g/mol. The number of amides is 1. The molecule has 1 aliphatic carbocycles. The molecule has 0 bridgehead atoms. The van der Waals surface area contributed by atoms with Crippen molar-refractivity contribution in [1.29, 1.82) is 0 Å². The zero-order valence-corrected chi connectivity index (χ0v) is 19.2. The second kappa shape index (κ2) is 8.33. The summed E-state index contributed by atoms with van der Waals surface area (Å²) in [5.41, 5.74) is 3.42. The van der Waals surface area contributed by atoms with Crippen molar-refractivity contribution in [3.8, 4) is 17.1 Å². The minimum absolute atomic E-state index is 0.238. The molecule has 1 N–H and O–H groups in total. The number of aromatic amines is 1. The van der Waals surface area contributed by atoms with Gasteiger partial charge < -0.3 is 14.5 Å². The van der Waals surface area contributed by atoms with Crippen LogP contribution in [0.15, 0.2) is 54.9 Å². The number of nitrogens with one attached hydrogen (secondary N) is 1.